The van der Waals surface area contributed by atoms with Gasteiger partial charge in [-0.1, -0.05) is 6.07 Å². The van der Waals surface area contributed by atoms with Gasteiger partial charge in [0.15, 0.2) is 0 Å². The Hall–Kier alpha value is -0.870. The molecule has 1 aromatic heterocycles. The van der Waals surface area contributed by atoms with Gasteiger partial charge < -0.3 is 10.2 Å². The summed E-state index contributed by atoms with van der Waals surface area (Å²) in [5.41, 5.74) is 0. The summed E-state index contributed by atoms with van der Waals surface area (Å²) >= 11 is 1.74. The zero-order chi connectivity index (χ0) is 11.7. The maximum absolute atomic E-state index is 12.4. The number of thiophene rings is 1. The first-order valence-electron chi connectivity index (χ1n) is 6.41. The summed E-state index contributed by atoms with van der Waals surface area (Å²) in [6.45, 7) is 1.80. The minimum atomic E-state index is 0.0792. The first-order valence-corrected chi connectivity index (χ1v) is 7.29. The fourth-order valence-electron chi connectivity index (χ4n) is 2.44. The maximum atomic E-state index is 12.4. The van der Waals surface area contributed by atoms with E-state index < -0.39 is 0 Å². The van der Waals surface area contributed by atoms with Crippen LogP contribution >= 0.6 is 11.3 Å². The molecule has 17 heavy (non-hydrogen) atoms. The quantitative estimate of drug-likeness (QED) is 0.886. The minimum absolute atomic E-state index is 0.0792. The van der Waals surface area contributed by atoms with E-state index in [0.717, 1.165) is 25.9 Å². The molecule has 1 saturated carbocycles. The van der Waals surface area contributed by atoms with Crippen molar-refractivity contribution in [1.82, 2.24) is 10.2 Å². The molecule has 0 radical (unpaired) electrons. The Labute approximate surface area is 106 Å². The Morgan fingerprint density at radius 1 is 1.47 bits per heavy atom. The summed E-state index contributed by atoms with van der Waals surface area (Å²) < 4.78 is 0. The van der Waals surface area contributed by atoms with Gasteiger partial charge in [-0.15, -0.1) is 11.3 Å². The van der Waals surface area contributed by atoms with Crippen molar-refractivity contribution in [3.63, 3.8) is 0 Å². The molecular formula is C13H18N2OS. The van der Waals surface area contributed by atoms with Crippen molar-refractivity contribution in [2.45, 2.75) is 44.3 Å². The molecule has 4 heteroatoms. The molecule has 1 atom stereocenters. The van der Waals surface area contributed by atoms with Gasteiger partial charge in [-0.2, -0.15) is 0 Å². The van der Waals surface area contributed by atoms with E-state index in [0.29, 0.717) is 11.9 Å². The molecule has 1 aliphatic carbocycles. The number of carbonyl (C=O) groups is 1. The van der Waals surface area contributed by atoms with Gasteiger partial charge >= 0.3 is 0 Å². The van der Waals surface area contributed by atoms with Gasteiger partial charge in [-0.3, -0.25) is 4.79 Å². The molecule has 0 bridgehead atoms. The number of rotatable bonds is 4. The molecule has 3 nitrogen and oxygen atoms in total. The number of carbonyl (C=O) groups excluding carboxylic acids is 1. The van der Waals surface area contributed by atoms with Crippen LogP contribution in [0.5, 0.6) is 0 Å². The molecule has 0 aromatic carbocycles. The molecule has 2 aliphatic rings. The van der Waals surface area contributed by atoms with E-state index in [2.05, 4.69) is 27.7 Å². The van der Waals surface area contributed by atoms with E-state index in [4.69, 9.17) is 0 Å². The van der Waals surface area contributed by atoms with Gasteiger partial charge in [-0.25, -0.2) is 0 Å². The van der Waals surface area contributed by atoms with Crippen LogP contribution in [-0.2, 0) is 11.3 Å². The topological polar surface area (TPSA) is 32.3 Å². The summed E-state index contributed by atoms with van der Waals surface area (Å²) in [5.74, 6) is 0.318. The van der Waals surface area contributed by atoms with Crippen molar-refractivity contribution in [3.8, 4) is 0 Å². The monoisotopic (exact) mass is 250 g/mol. The normalized spacial score (nSPS) is 23.9. The molecule has 2 heterocycles. The molecule has 1 amide bonds. The van der Waals surface area contributed by atoms with E-state index in [9.17, 15) is 4.79 Å². The third kappa shape index (κ3) is 2.53. The highest BCUT2D eigenvalue weighted by Crippen LogP contribution is 2.30. The Morgan fingerprint density at radius 2 is 2.35 bits per heavy atom. The van der Waals surface area contributed by atoms with E-state index in [-0.39, 0.29) is 6.04 Å². The van der Waals surface area contributed by atoms with Crippen LogP contribution in [0, 0.1) is 0 Å². The fraction of sp³-hybridized carbons (Fsp3) is 0.615. The van der Waals surface area contributed by atoms with Crippen LogP contribution < -0.4 is 5.32 Å². The lowest BCUT2D eigenvalue weighted by atomic mass is 10.2. The highest BCUT2D eigenvalue weighted by molar-refractivity contribution is 7.09. The molecule has 1 aromatic rings. The summed E-state index contributed by atoms with van der Waals surface area (Å²) in [4.78, 5) is 15.8. The smallest absolute Gasteiger partial charge is 0.240 e. The zero-order valence-corrected chi connectivity index (χ0v) is 10.7. The Kier molecular flexibility index (Phi) is 3.16. The van der Waals surface area contributed by atoms with Crippen LogP contribution in [0.1, 0.15) is 30.6 Å². The lowest BCUT2D eigenvalue weighted by Crippen LogP contribution is -2.44. The minimum Gasteiger partial charge on any atom is -0.333 e. The molecular weight excluding hydrogens is 232 g/mol. The predicted octanol–water partition coefficient (Wildman–Crippen LogP) is 1.99. The average Bonchev–Trinajstić information content (AvgIpc) is 2.86. The van der Waals surface area contributed by atoms with Crippen molar-refractivity contribution in [2.24, 2.45) is 0 Å². The molecule has 0 spiro atoms. The van der Waals surface area contributed by atoms with E-state index >= 15 is 0 Å². The number of hydrogen-bond donors (Lipinski definition) is 1. The summed E-state index contributed by atoms with van der Waals surface area (Å²) in [7, 11) is 0. The van der Waals surface area contributed by atoms with E-state index in [1.165, 1.54) is 17.7 Å². The van der Waals surface area contributed by atoms with Gasteiger partial charge in [0.1, 0.15) is 0 Å². The second-order valence-electron chi connectivity index (χ2n) is 4.93. The standard InChI is InChI=1S/C13H18N2OS/c16-13(12-4-1-7-14-12)15(10-5-6-10)9-11-3-2-8-17-11/h2-3,8,10,12,14H,1,4-7,9H2/t12-/m0/s1. The van der Waals surface area contributed by atoms with Gasteiger partial charge in [-0.05, 0) is 43.7 Å². The third-order valence-electron chi connectivity index (χ3n) is 3.54. The van der Waals surface area contributed by atoms with Crippen molar-refractivity contribution in [1.29, 1.82) is 0 Å². The van der Waals surface area contributed by atoms with Crippen molar-refractivity contribution in [3.05, 3.63) is 22.4 Å². The highest BCUT2D eigenvalue weighted by atomic mass is 32.1. The van der Waals surface area contributed by atoms with Gasteiger partial charge in [0, 0.05) is 10.9 Å². The first kappa shape index (κ1) is 11.2. The SMILES string of the molecule is O=C([C@@H]1CCCN1)N(Cc1cccs1)C1CC1. The van der Waals surface area contributed by atoms with Crippen LogP contribution in [0.2, 0.25) is 0 Å². The Bertz CT molecular complexity index is 380. The predicted molar refractivity (Wildman–Crippen MR) is 68.9 cm³/mol. The van der Waals surface area contributed by atoms with E-state index in [1.54, 1.807) is 11.3 Å². The van der Waals surface area contributed by atoms with Crippen LogP contribution in [-0.4, -0.2) is 29.4 Å². The summed E-state index contributed by atoms with van der Waals surface area (Å²) in [6.07, 6.45) is 4.51. The largest absolute Gasteiger partial charge is 0.333 e. The zero-order valence-electron chi connectivity index (χ0n) is 9.89. The third-order valence-corrected chi connectivity index (χ3v) is 4.40. The van der Waals surface area contributed by atoms with Crippen LogP contribution in [0.25, 0.3) is 0 Å². The molecule has 1 saturated heterocycles. The lowest BCUT2D eigenvalue weighted by Gasteiger charge is -2.25. The fourth-order valence-corrected chi connectivity index (χ4v) is 3.14. The summed E-state index contributed by atoms with van der Waals surface area (Å²) in [6, 6.07) is 4.77. The van der Waals surface area contributed by atoms with Crippen LogP contribution in [0.4, 0.5) is 0 Å². The van der Waals surface area contributed by atoms with E-state index in [1.807, 2.05) is 0 Å². The van der Waals surface area contributed by atoms with Crippen molar-refractivity contribution >= 4 is 17.2 Å². The van der Waals surface area contributed by atoms with Gasteiger partial charge in [0.05, 0.1) is 12.6 Å². The molecule has 0 unspecified atom stereocenters. The Morgan fingerprint density at radius 3 is 2.94 bits per heavy atom. The number of hydrogen-bond acceptors (Lipinski definition) is 3. The molecule has 1 aliphatic heterocycles. The molecule has 3 rings (SSSR count). The van der Waals surface area contributed by atoms with Crippen molar-refractivity contribution < 1.29 is 4.79 Å². The summed E-state index contributed by atoms with van der Waals surface area (Å²) in [5, 5.41) is 5.39. The van der Waals surface area contributed by atoms with Gasteiger partial charge in [0.25, 0.3) is 0 Å². The lowest BCUT2D eigenvalue weighted by molar-refractivity contribution is -0.134. The number of nitrogens with one attached hydrogen (secondary N) is 1. The van der Waals surface area contributed by atoms with Crippen molar-refractivity contribution in [2.75, 3.05) is 6.54 Å². The van der Waals surface area contributed by atoms with Crippen LogP contribution in [0.15, 0.2) is 17.5 Å². The Balaban J connectivity index is 1.68. The maximum Gasteiger partial charge on any atom is 0.240 e. The second-order valence-corrected chi connectivity index (χ2v) is 5.96. The second kappa shape index (κ2) is 4.78. The molecule has 2 fully saturated rings. The van der Waals surface area contributed by atoms with Gasteiger partial charge in [0.2, 0.25) is 5.91 Å². The number of amides is 1. The molecule has 1 N–H and O–H groups in total. The number of nitrogens with zero attached hydrogens (tertiary/aromatic N) is 1. The first-order chi connectivity index (χ1) is 8.34. The van der Waals surface area contributed by atoms with Crippen LogP contribution in [0.3, 0.4) is 0 Å². The molecule has 92 valence electrons. The highest BCUT2D eigenvalue weighted by Gasteiger charge is 2.36. The average molecular weight is 250 g/mol.